The first kappa shape index (κ1) is 14.2. The summed E-state index contributed by atoms with van der Waals surface area (Å²) in [5.74, 6) is 1.37. The second kappa shape index (κ2) is 6.18. The number of primary amides is 1. The molecule has 0 aromatic carbocycles. The highest BCUT2D eigenvalue weighted by molar-refractivity contribution is 5.79. The van der Waals surface area contributed by atoms with Gasteiger partial charge < -0.3 is 16.4 Å². The van der Waals surface area contributed by atoms with Gasteiger partial charge in [0, 0.05) is 18.5 Å². The van der Waals surface area contributed by atoms with Crippen molar-refractivity contribution in [2.75, 3.05) is 17.2 Å². The Kier molecular flexibility index (Phi) is 4.88. The number of anilines is 2. The number of nitrogen functional groups attached to an aromatic ring is 1. The van der Waals surface area contributed by atoms with E-state index in [-0.39, 0.29) is 12.6 Å². The molecule has 1 aromatic heterocycles. The average molecular weight is 251 g/mol. The minimum absolute atomic E-state index is 0.112. The molecule has 0 aliphatic heterocycles. The fraction of sp³-hybridized carbons (Fsp3) is 0.583. The zero-order valence-corrected chi connectivity index (χ0v) is 11.2. The van der Waals surface area contributed by atoms with Crippen molar-refractivity contribution in [3.05, 3.63) is 11.9 Å². The summed E-state index contributed by atoms with van der Waals surface area (Å²) in [6, 6.07) is 1.78. The molecule has 1 aromatic rings. The predicted octanol–water partition coefficient (Wildman–Crippen LogP) is 0.711. The molecule has 1 amide bonds. The van der Waals surface area contributed by atoms with E-state index in [0.29, 0.717) is 17.5 Å². The summed E-state index contributed by atoms with van der Waals surface area (Å²) in [5.41, 5.74) is 11.0. The van der Waals surface area contributed by atoms with Gasteiger partial charge in [-0.3, -0.25) is 4.79 Å². The zero-order chi connectivity index (χ0) is 13.7. The smallest absolute Gasteiger partial charge is 0.237 e. The SMILES string of the molecule is CCCc1nc(N)cc(N(CC(N)=O)C(C)C)n1. The lowest BCUT2D eigenvalue weighted by atomic mass is 10.3. The van der Waals surface area contributed by atoms with Gasteiger partial charge in [0.25, 0.3) is 0 Å². The molecule has 0 aliphatic rings. The first-order valence-electron chi connectivity index (χ1n) is 6.12. The van der Waals surface area contributed by atoms with E-state index in [1.807, 2.05) is 18.7 Å². The molecule has 0 saturated carbocycles. The van der Waals surface area contributed by atoms with Crippen LogP contribution >= 0.6 is 0 Å². The number of hydrogen-bond acceptors (Lipinski definition) is 5. The number of nitrogens with two attached hydrogens (primary N) is 2. The van der Waals surface area contributed by atoms with Gasteiger partial charge in [0.2, 0.25) is 5.91 Å². The van der Waals surface area contributed by atoms with Crippen LogP contribution in [-0.2, 0) is 11.2 Å². The lowest BCUT2D eigenvalue weighted by Gasteiger charge is -2.26. The van der Waals surface area contributed by atoms with Crippen molar-refractivity contribution in [3.8, 4) is 0 Å². The minimum Gasteiger partial charge on any atom is -0.384 e. The molecule has 0 saturated heterocycles. The fourth-order valence-electron chi connectivity index (χ4n) is 1.68. The van der Waals surface area contributed by atoms with Crippen LogP contribution in [0.25, 0.3) is 0 Å². The van der Waals surface area contributed by atoms with E-state index in [2.05, 4.69) is 16.9 Å². The number of aromatic nitrogens is 2. The molecule has 18 heavy (non-hydrogen) atoms. The summed E-state index contributed by atoms with van der Waals surface area (Å²) in [6.45, 7) is 6.12. The predicted molar refractivity (Wildman–Crippen MR) is 72.1 cm³/mol. The Morgan fingerprint density at radius 3 is 2.61 bits per heavy atom. The maximum absolute atomic E-state index is 11.1. The first-order valence-corrected chi connectivity index (χ1v) is 6.12. The summed E-state index contributed by atoms with van der Waals surface area (Å²) in [7, 11) is 0. The lowest BCUT2D eigenvalue weighted by Crippen LogP contribution is -2.39. The zero-order valence-electron chi connectivity index (χ0n) is 11.2. The Morgan fingerprint density at radius 1 is 1.44 bits per heavy atom. The molecule has 0 spiro atoms. The number of amides is 1. The van der Waals surface area contributed by atoms with Crippen LogP contribution in [0.4, 0.5) is 11.6 Å². The number of carbonyl (C=O) groups excluding carboxylic acids is 1. The van der Waals surface area contributed by atoms with Crippen LogP contribution in [0, 0.1) is 0 Å². The second-order valence-electron chi connectivity index (χ2n) is 4.51. The summed E-state index contributed by atoms with van der Waals surface area (Å²) in [6.07, 6.45) is 1.71. The number of aryl methyl sites for hydroxylation is 1. The highest BCUT2D eigenvalue weighted by atomic mass is 16.1. The standard InChI is InChI=1S/C12H21N5O/c1-4-5-11-15-9(13)6-12(16-11)17(8(2)3)7-10(14)18/h6,8H,4-5,7H2,1-3H3,(H2,14,18)(H2,13,15,16). The highest BCUT2D eigenvalue weighted by Crippen LogP contribution is 2.17. The Hall–Kier alpha value is -1.85. The van der Waals surface area contributed by atoms with Crippen LogP contribution in [0.1, 0.15) is 33.0 Å². The Labute approximate surface area is 107 Å². The molecular formula is C12H21N5O. The highest BCUT2D eigenvalue weighted by Gasteiger charge is 2.16. The van der Waals surface area contributed by atoms with E-state index in [4.69, 9.17) is 11.5 Å². The van der Waals surface area contributed by atoms with E-state index < -0.39 is 5.91 Å². The van der Waals surface area contributed by atoms with E-state index in [0.717, 1.165) is 12.8 Å². The summed E-state index contributed by atoms with van der Waals surface area (Å²) in [5, 5.41) is 0. The second-order valence-corrected chi connectivity index (χ2v) is 4.51. The third kappa shape index (κ3) is 3.87. The van der Waals surface area contributed by atoms with Gasteiger partial charge in [-0.05, 0) is 20.3 Å². The van der Waals surface area contributed by atoms with Crippen molar-refractivity contribution in [2.45, 2.75) is 39.7 Å². The van der Waals surface area contributed by atoms with Crippen molar-refractivity contribution in [1.82, 2.24) is 9.97 Å². The molecule has 6 nitrogen and oxygen atoms in total. The quantitative estimate of drug-likeness (QED) is 0.776. The molecule has 4 N–H and O–H groups in total. The van der Waals surface area contributed by atoms with Crippen LogP contribution in [0.5, 0.6) is 0 Å². The number of nitrogens with zero attached hydrogens (tertiary/aromatic N) is 3. The van der Waals surface area contributed by atoms with Crippen LogP contribution in [0.2, 0.25) is 0 Å². The van der Waals surface area contributed by atoms with Gasteiger partial charge in [-0.2, -0.15) is 0 Å². The van der Waals surface area contributed by atoms with E-state index in [9.17, 15) is 4.79 Å². The van der Waals surface area contributed by atoms with Gasteiger partial charge >= 0.3 is 0 Å². The molecule has 6 heteroatoms. The number of rotatable bonds is 6. The molecule has 1 rings (SSSR count). The summed E-state index contributed by atoms with van der Waals surface area (Å²) < 4.78 is 0. The van der Waals surface area contributed by atoms with E-state index in [1.165, 1.54) is 0 Å². The lowest BCUT2D eigenvalue weighted by molar-refractivity contribution is -0.116. The van der Waals surface area contributed by atoms with Crippen molar-refractivity contribution >= 4 is 17.5 Å². The van der Waals surface area contributed by atoms with Crippen molar-refractivity contribution < 1.29 is 4.79 Å². The van der Waals surface area contributed by atoms with Crippen molar-refractivity contribution in [1.29, 1.82) is 0 Å². The largest absolute Gasteiger partial charge is 0.384 e. The Morgan fingerprint density at radius 2 is 2.11 bits per heavy atom. The van der Waals surface area contributed by atoms with Crippen molar-refractivity contribution in [3.63, 3.8) is 0 Å². The van der Waals surface area contributed by atoms with Gasteiger partial charge in [0.1, 0.15) is 17.5 Å². The molecular weight excluding hydrogens is 230 g/mol. The van der Waals surface area contributed by atoms with Gasteiger partial charge in [0.15, 0.2) is 0 Å². The number of carbonyl (C=O) groups is 1. The minimum atomic E-state index is -0.391. The monoisotopic (exact) mass is 251 g/mol. The van der Waals surface area contributed by atoms with Crippen LogP contribution < -0.4 is 16.4 Å². The summed E-state index contributed by atoms with van der Waals surface area (Å²) >= 11 is 0. The Balaban J connectivity index is 3.06. The summed E-state index contributed by atoms with van der Waals surface area (Å²) in [4.78, 5) is 21.5. The molecule has 0 radical (unpaired) electrons. The molecule has 0 bridgehead atoms. The molecule has 0 fully saturated rings. The first-order chi connectivity index (χ1) is 8.43. The van der Waals surface area contributed by atoms with E-state index in [1.54, 1.807) is 6.07 Å². The Bertz CT molecular complexity index is 419. The molecule has 100 valence electrons. The maximum Gasteiger partial charge on any atom is 0.237 e. The number of hydrogen-bond donors (Lipinski definition) is 2. The van der Waals surface area contributed by atoms with Gasteiger partial charge in [0.05, 0.1) is 6.54 Å². The van der Waals surface area contributed by atoms with Crippen molar-refractivity contribution in [2.24, 2.45) is 5.73 Å². The third-order valence-corrected chi connectivity index (χ3v) is 2.50. The van der Waals surface area contributed by atoms with E-state index >= 15 is 0 Å². The third-order valence-electron chi connectivity index (χ3n) is 2.50. The van der Waals surface area contributed by atoms with Crippen LogP contribution in [0.3, 0.4) is 0 Å². The molecule has 1 heterocycles. The van der Waals surface area contributed by atoms with Gasteiger partial charge in [-0.25, -0.2) is 9.97 Å². The van der Waals surface area contributed by atoms with Gasteiger partial charge in [-0.15, -0.1) is 0 Å². The average Bonchev–Trinajstić information content (AvgIpc) is 2.24. The normalized spacial score (nSPS) is 10.7. The topological polar surface area (TPSA) is 98.1 Å². The van der Waals surface area contributed by atoms with Gasteiger partial charge in [-0.1, -0.05) is 6.92 Å². The fourth-order valence-corrected chi connectivity index (χ4v) is 1.68. The molecule has 0 unspecified atom stereocenters. The molecule has 0 atom stereocenters. The van der Waals surface area contributed by atoms with Crippen LogP contribution in [-0.4, -0.2) is 28.5 Å². The maximum atomic E-state index is 11.1. The molecule has 0 aliphatic carbocycles. The van der Waals surface area contributed by atoms with Crippen LogP contribution in [0.15, 0.2) is 6.07 Å².